The summed E-state index contributed by atoms with van der Waals surface area (Å²) in [4.78, 5) is 0. The lowest BCUT2D eigenvalue weighted by molar-refractivity contribution is 0.776. The molecule has 4 nitrogen and oxygen atoms in total. The van der Waals surface area contributed by atoms with Crippen LogP contribution in [-0.2, 0) is 13.5 Å². The van der Waals surface area contributed by atoms with E-state index in [0.717, 1.165) is 12.2 Å². The molecule has 2 N–H and O–H groups in total. The molecule has 0 spiro atoms. The highest BCUT2D eigenvalue weighted by molar-refractivity contribution is 4.83. The minimum absolute atomic E-state index is 0. The largest absolute Gasteiger partial charge is 0.330 e. The van der Waals surface area contributed by atoms with Crippen LogP contribution in [0.4, 0.5) is 0 Å². The third-order valence-corrected chi connectivity index (χ3v) is 1.17. The van der Waals surface area contributed by atoms with Gasteiger partial charge in [0.25, 0.3) is 0 Å². The molecule has 1 rings (SSSR count). The Hall–Kier alpha value is -0.900. The van der Waals surface area contributed by atoms with Gasteiger partial charge in [0, 0.05) is 14.9 Å². The van der Waals surface area contributed by atoms with E-state index in [4.69, 9.17) is 5.73 Å². The van der Waals surface area contributed by atoms with Crippen LogP contribution in [0.15, 0.2) is 6.33 Å². The molecule has 1 aromatic heterocycles. The van der Waals surface area contributed by atoms with Gasteiger partial charge in [-0.15, -0.1) is 10.2 Å². The highest BCUT2D eigenvalue weighted by Crippen LogP contribution is 1.89. The SMILES string of the molecule is Cn1cnnc1CCN.[HH]. The molecule has 0 fully saturated rings. The van der Waals surface area contributed by atoms with Crippen molar-refractivity contribution < 1.29 is 1.43 Å². The van der Waals surface area contributed by atoms with Gasteiger partial charge in [-0.3, -0.25) is 0 Å². The summed E-state index contributed by atoms with van der Waals surface area (Å²) in [5.41, 5.74) is 5.31. The van der Waals surface area contributed by atoms with Crippen LogP contribution in [0.5, 0.6) is 0 Å². The Morgan fingerprint density at radius 1 is 1.89 bits per heavy atom. The molecule has 9 heavy (non-hydrogen) atoms. The normalized spacial score (nSPS) is 10.0. The highest BCUT2D eigenvalue weighted by atomic mass is 15.2. The molecule has 0 aliphatic heterocycles. The Morgan fingerprint density at radius 3 is 3.11 bits per heavy atom. The molecule has 0 aliphatic carbocycles. The Morgan fingerprint density at radius 2 is 2.67 bits per heavy atom. The zero-order valence-electron chi connectivity index (χ0n) is 5.41. The molecule has 0 saturated heterocycles. The molecule has 4 heteroatoms. The summed E-state index contributed by atoms with van der Waals surface area (Å²) in [5, 5.41) is 7.54. The van der Waals surface area contributed by atoms with Crippen LogP contribution in [0.1, 0.15) is 7.25 Å². The van der Waals surface area contributed by atoms with Crippen LogP contribution in [0, 0.1) is 0 Å². The van der Waals surface area contributed by atoms with E-state index in [2.05, 4.69) is 10.2 Å². The predicted molar refractivity (Wildman–Crippen MR) is 35.9 cm³/mol. The molecule has 0 aliphatic rings. The second-order valence-electron chi connectivity index (χ2n) is 1.90. The lowest BCUT2D eigenvalue weighted by atomic mass is 10.4. The van der Waals surface area contributed by atoms with Gasteiger partial charge in [-0.05, 0) is 6.54 Å². The summed E-state index contributed by atoms with van der Waals surface area (Å²) in [6.45, 7) is 0.631. The van der Waals surface area contributed by atoms with Gasteiger partial charge in [0.1, 0.15) is 12.2 Å². The van der Waals surface area contributed by atoms with E-state index in [1.807, 2.05) is 11.6 Å². The Balaban J connectivity index is 0.000000810. The van der Waals surface area contributed by atoms with Crippen molar-refractivity contribution in [1.82, 2.24) is 14.8 Å². The third kappa shape index (κ3) is 1.26. The fraction of sp³-hybridized carbons (Fsp3) is 0.600. The molecule has 0 saturated carbocycles. The van der Waals surface area contributed by atoms with Gasteiger partial charge in [-0.2, -0.15) is 0 Å². The van der Waals surface area contributed by atoms with Crippen LogP contribution in [0.25, 0.3) is 0 Å². The number of nitrogens with two attached hydrogens (primary N) is 1. The molecular formula is C5H12N4. The number of rotatable bonds is 2. The molecule has 1 heterocycles. The molecule has 0 unspecified atom stereocenters. The van der Waals surface area contributed by atoms with Gasteiger partial charge >= 0.3 is 0 Å². The lowest BCUT2D eigenvalue weighted by Crippen LogP contribution is -2.07. The second-order valence-corrected chi connectivity index (χ2v) is 1.90. The van der Waals surface area contributed by atoms with Crippen molar-refractivity contribution in [2.45, 2.75) is 6.42 Å². The first-order valence-corrected chi connectivity index (χ1v) is 2.87. The average molecular weight is 128 g/mol. The van der Waals surface area contributed by atoms with Crippen LogP contribution in [0.2, 0.25) is 0 Å². The van der Waals surface area contributed by atoms with Gasteiger partial charge in [-0.1, -0.05) is 0 Å². The average Bonchev–Trinajstić information content (AvgIpc) is 2.18. The summed E-state index contributed by atoms with van der Waals surface area (Å²) in [6, 6.07) is 0. The van der Waals surface area contributed by atoms with Crippen LogP contribution in [-0.4, -0.2) is 21.3 Å². The van der Waals surface area contributed by atoms with Crippen molar-refractivity contribution in [3.63, 3.8) is 0 Å². The van der Waals surface area contributed by atoms with Crippen molar-refractivity contribution >= 4 is 0 Å². The Labute approximate surface area is 55.2 Å². The molecular weight excluding hydrogens is 116 g/mol. The minimum Gasteiger partial charge on any atom is -0.330 e. The van der Waals surface area contributed by atoms with Crippen molar-refractivity contribution in [2.24, 2.45) is 12.8 Å². The van der Waals surface area contributed by atoms with E-state index >= 15 is 0 Å². The zero-order chi connectivity index (χ0) is 6.69. The first-order chi connectivity index (χ1) is 4.34. The van der Waals surface area contributed by atoms with E-state index in [1.54, 1.807) is 6.33 Å². The molecule has 0 amide bonds. The van der Waals surface area contributed by atoms with Crippen molar-refractivity contribution in [2.75, 3.05) is 6.54 Å². The fourth-order valence-electron chi connectivity index (χ4n) is 0.663. The molecule has 0 radical (unpaired) electrons. The van der Waals surface area contributed by atoms with Gasteiger partial charge in [0.15, 0.2) is 0 Å². The van der Waals surface area contributed by atoms with Gasteiger partial charge < -0.3 is 10.3 Å². The quantitative estimate of drug-likeness (QED) is 0.587. The molecule has 0 atom stereocenters. The summed E-state index contributed by atoms with van der Waals surface area (Å²) >= 11 is 0. The number of nitrogens with zero attached hydrogens (tertiary/aromatic N) is 3. The first kappa shape index (κ1) is 6.22. The molecule has 52 valence electrons. The number of hydrogen-bond acceptors (Lipinski definition) is 3. The van der Waals surface area contributed by atoms with Crippen molar-refractivity contribution in [1.29, 1.82) is 0 Å². The van der Waals surface area contributed by atoms with Crippen molar-refractivity contribution in [3.8, 4) is 0 Å². The highest BCUT2D eigenvalue weighted by Gasteiger charge is 1.95. The Kier molecular flexibility index (Phi) is 1.79. The predicted octanol–water partition coefficient (Wildman–Crippen LogP) is -0.438. The lowest BCUT2D eigenvalue weighted by Gasteiger charge is -1.93. The van der Waals surface area contributed by atoms with Crippen LogP contribution >= 0.6 is 0 Å². The summed E-state index contributed by atoms with van der Waals surface area (Å²) in [7, 11) is 1.91. The third-order valence-electron chi connectivity index (χ3n) is 1.17. The van der Waals surface area contributed by atoms with E-state index in [-0.39, 0.29) is 1.43 Å². The van der Waals surface area contributed by atoms with Gasteiger partial charge in [-0.25, -0.2) is 0 Å². The number of aromatic nitrogens is 3. The summed E-state index contributed by atoms with van der Waals surface area (Å²) < 4.78 is 1.87. The van der Waals surface area contributed by atoms with Crippen LogP contribution in [0.3, 0.4) is 0 Å². The van der Waals surface area contributed by atoms with E-state index < -0.39 is 0 Å². The molecule has 0 aromatic carbocycles. The maximum atomic E-state index is 5.31. The summed E-state index contributed by atoms with van der Waals surface area (Å²) in [6.07, 6.45) is 2.47. The van der Waals surface area contributed by atoms with E-state index in [1.165, 1.54) is 0 Å². The smallest absolute Gasteiger partial charge is 0.133 e. The topological polar surface area (TPSA) is 56.7 Å². The van der Waals surface area contributed by atoms with Crippen LogP contribution < -0.4 is 5.73 Å². The number of aryl methyl sites for hydroxylation is 1. The second kappa shape index (κ2) is 2.59. The van der Waals surface area contributed by atoms with Gasteiger partial charge in [0.05, 0.1) is 0 Å². The van der Waals surface area contributed by atoms with E-state index in [9.17, 15) is 0 Å². The number of hydrogen-bond donors (Lipinski definition) is 1. The maximum absolute atomic E-state index is 5.31. The standard InChI is InChI=1S/C5H10N4.H2/c1-9-4-7-8-5(9)2-3-6;/h4H,2-3,6H2,1H3;1H. The first-order valence-electron chi connectivity index (χ1n) is 2.87. The molecule has 1 aromatic rings. The molecule has 0 bridgehead atoms. The maximum Gasteiger partial charge on any atom is 0.133 e. The summed E-state index contributed by atoms with van der Waals surface area (Å²) in [5.74, 6) is 0.942. The van der Waals surface area contributed by atoms with Gasteiger partial charge in [0.2, 0.25) is 0 Å². The minimum atomic E-state index is 0. The Bertz CT molecular complexity index is 186. The fourth-order valence-corrected chi connectivity index (χ4v) is 0.663. The monoisotopic (exact) mass is 128 g/mol. The zero-order valence-corrected chi connectivity index (χ0v) is 5.41. The van der Waals surface area contributed by atoms with E-state index in [0.29, 0.717) is 6.54 Å². The van der Waals surface area contributed by atoms with Crippen molar-refractivity contribution in [3.05, 3.63) is 12.2 Å².